The van der Waals surface area contributed by atoms with Crippen LogP contribution in [0.3, 0.4) is 0 Å². The Hall–Kier alpha value is -11.9. The molecule has 4 aliphatic carbocycles. The highest BCUT2D eigenvalue weighted by Gasteiger charge is 2.50. The number of fused-ring (bicyclic) bond motifs is 4. The van der Waals surface area contributed by atoms with Gasteiger partial charge >= 0.3 is 0 Å². The van der Waals surface area contributed by atoms with Crippen LogP contribution in [0, 0.1) is 35.7 Å². The molecule has 105 heavy (non-hydrogen) atoms. The number of benzene rings is 4. The van der Waals surface area contributed by atoms with Crippen LogP contribution in [0.2, 0.25) is 18.1 Å². The number of guanidine groups is 1. The third-order valence-electron chi connectivity index (χ3n) is 16.9. The lowest BCUT2D eigenvalue weighted by Gasteiger charge is -2.39. The van der Waals surface area contributed by atoms with Gasteiger partial charge in [0.2, 0.25) is 23.3 Å². The number of ketones is 1. The maximum atomic E-state index is 14.4. The molecule has 5 aliphatic rings. The van der Waals surface area contributed by atoms with E-state index >= 15 is 0 Å². The monoisotopic (exact) mass is 1420 g/mol. The standard InChI is InChI=1S/C46H54N6O3Si.C39H39N7O3/c1-44(2,3)51-43(53)38-35-23-15-13-14-22-34(35)37(42(38)55-56(11,12)46(7,8)9)40-39(49-10)41(54-52(40)45(4,5)6)33-21-17-19-31(27-33)25-24-30-18-16-20-32(26-30)28-50-29-36(47)48;1-38(2,3)44-32-29-27-16-8-7-9-17-28(27)30(36(48)45-39(4,5)6)34(29)49-35(40)31(32)33(47)26-15-11-13-24(21-26)19-18-23-12-10-14-25(20-23)22-43-46-37(41)42/h13-23,26-28,40H,29H2,1-9,11-12H3,(H3,47,48)(H,51,53);7-17,20-22H,40H2,1-6H3,(H,45,48)(H4,41,42,46)/b;43-22+,44-32?. The summed E-state index contributed by atoms with van der Waals surface area (Å²) in [5, 5.41) is 23.7. The number of carbonyl (C=O) groups is 3. The van der Waals surface area contributed by atoms with Gasteiger partial charge in [-0.2, -0.15) is 5.10 Å². The minimum atomic E-state index is -2.56. The zero-order valence-corrected chi connectivity index (χ0v) is 63.9. The molecule has 0 spiro atoms. The number of nitrogen functional groups attached to an aromatic ring is 1. The fraction of sp³-hybridized carbons (Fsp3) is 0.282. The number of nitrogens with two attached hydrogens (primary N) is 4. The van der Waals surface area contributed by atoms with E-state index in [0.29, 0.717) is 66.9 Å². The van der Waals surface area contributed by atoms with Crippen molar-refractivity contribution in [2.24, 2.45) is 37.4 Å². The highest BCUT2D eigenvalue weighted by atomic mass is 28.4. The molecule has 0 radical (unpaired) electrons. The van der Waals surface area contributed by atoms with Gasteiger partial charge in [-0.3, -0.25) is 29.8 Å². The number of amidine groups is 1. The van der Waals surface area contributed by atoms with Gasteiger partial charge in [-0.25, -0.2) is 4.85 Å². The van der Waals surface area contributed by atoms with E-state index in [9.17, 15) is 14.4 Å². The molecule has 538 valence electrons. The smallest absolute Gasteiger partial charge is 0.256 e. The first kappa shape index (κ1) is 77.3. The number of anilines is 1. The SMILES string of the molecule is CC(C)(C)N=c1c(C(=O)c2cccc(C#Cc3cccc(/C=N/N=C(N)N)c3)c2)c(N)oc2c(C(=O)NC(C)(C)C)c3cccccc-3c12.[C-]#[N+]C1=C(c2cccc(C#Cc3cccc(C=NCC(=N)N)c3)c2)ON(C(C)(C)C)C1c1c2cccccc-2c(C(=O)NC(C)(C)C)c1O[Si](C)(C)C(C)(C)C. The van der Waals surface area contributed by atoms with Crippen LogP contribution >= 0.6 is 0 Å². The first-order valence-electron chi connectivity index (χ1n) is 34.5. The molecule has 11 N–H and O–H groups in total. The Balaban J connectivity index is 0.000000245. The van der Waals surface area contributed by atoms with Crippen molar-refractivity contribution in [2.75, 3.05) is 12.3 Å². The molecule has 0 saturated carbocycles. The molecule has 0 bridgehead atoms. The van der Waals surface area contributed by atoms with Crippen molar-refractivity contribution in [1.29, 1.82) is 5.41 Å². The number of aliphatic imine (C=N–C) groups is 1. The third-order valence-corrected chi connectivity index (χ3v) is 21.2. The van der Waals surface area contributed by atoms with Crippen LogP contribution < -0.4 is 43.4 Å². The molecule has 20 heteroatoms. The molecule has 4 aromatic carbocycles. The summed E-state index contributed by atoms with van der Waals surface area (Å²) in [6.45, 7) is 43.3. The second-order valence-corrected chi connectivity index (χ2v) is 36.0. The predicted octanol–water partition coefficient (Wildman–Crippen LogP) is 15.4. The van der Waals surface area contributed by atoms with Crippen LogP contribution in [0.15, 0.2) is 188 Å². The first-order chi connectivity index (χ1) is 49.2. The van der Waals surface area contributed by atoms with Gasteiger partial charge in [-0.1, -0.05) is 154 Å². The molecule has 1 aliphatic heterocycles. The summed E-state index contributed by atoms with van der Waals surface area (Å²) in [7, 11) is -2.56. The van der Waals surface area contributed by atoms with Crippen molar-refractivity contribution in [3.05, 3.63) is 247 Å². The van der Waals surface area contributed by atoms with E-state index in [4.69, 9.17) is 53.6 Å². The van der Waals surface area contributed by atoms with Crippen LogP contribution in [0.1, 0.15) is 191 Å². The van der Waals surface area contributed by atoms with Gasteiger partial charge in [0.25, 0.3) is 20.1 Å². The molecule has 19 nitrogen and oxygen atoms in total. The number of carbonyl (C=O) groups excluding carboxylic acids is 3. The van der Waals surface area contributed by atoms with Crippen LogP contribution in [0.4, 0.5) is 5.88 Å². The molecule has 0 saturated heterocycles. The lowest BCUT2D eigenvalue weighted by molar-refractivity contribution is -0.157. The van der Waals surface area contributed by atoms with Crippen molar-refractivity contribution in [1.82, 2.24) is 15.7 Å². The van der Waals surface area contributed by atoms with Crippen molar-refractivity contribution in [3.63, 3.8) is 0 Å². The second-order valence-electron chi connectivity index (χ2n) is 31.2. The van der Waals surface area contributed by atoms with Gasteiger partial charge in [0, 0.05) is 61.8 Å². The summed E-state index contributed by atoms with van der Waals surface area (Å²) >= 11 is 0. The molecule has 1 aromatic heterocycles. The molecule has 10 rings (SSSR count). The maximum Gasteiger partial charge on any atom is 0.256 e. The average Bonchev–Trinajstić information content (AvgIpc) is 1.53. The van der Waals surface area contributed by atoms with Gasteiger partial charge in [0.15, 0.2) is 11.3 Å². The zero-order valence-electron chi connectivity index (χ0n) is 62.9. The molecular weight excluding hydrogens is 1330 g/mol. The van der Waals surface area contributed by atoms with Gasteiger partial charge in [0.05, 0.1) is 46.7 Å². The fourth-order valence-electron chi connectivity index (χ4n) is 11.4. The Labute approximate surface area is 617 Å². The summed E-state index contributed by atoms with van der Waals surface area (Å²) in [6.07, 6.45) is 3.20. The molecular formula is C85H93N13O6Si. The van der Waals surface area contributed by atoms with E-state index in [2.05, 4.69) is 109 Å². The lowest BCUT2D eigenvalue weighted by atomic mass is 9.95. The van der Waals surface area contributed by atoms with Crippen molar-refractivity contribution in [3.8, 4) is 51.7 Å². The van der Waals surface area contributed by atoms with E-state index in [1.54, 1.807) is 24.4 Å². The number of rotatable bonds is 13. The molecule has 1 atom stereocenters. The fourth-order valence-corrected chi connectivity index (χ4v) is 12.4. The molecule has 2 heterocycles. The topological polar surface area (TPSA) is 292 Å². The number of amides is 2. The molecule has 1 unspecified atom stereocenters. The van der Waals surface area contributed by atoms with Gasteiger partial charge in [0.1, 0.15) is 23.2 Å². The van der Waals surface area contributed by atoms with E-state index in [1.807, 2.05) is 207 Å². The van der Waals surface area contributed by atoms with Crippen LogP contribution in [0.25, 0.3) is 43.8 Å². The van der Waals surface area contributed by atoms with Gasteiger partial charge < -0.3 is 47.2 Å². The Morgan fingerprint density at radius 1 is 0.638 bits per heavy atom. The van der Waals surface area contributed by atoms with Crippen LogP contribution in [-0.2, 0) is 4.84 Å². The van der Waals surface area contributed by atoms with Crippen molar-refractivity contribution in [2.45, 2.75) is 150 Å². The number of hydroxylamine groups is 2. The highest BCUT2D eigenvalue weighted by Crippen LogP contribution is 2.56. The zero-order chi connectivity index (χ0) is 76.7. The van der Waals surface area contributed by atoms with Crippen molar-refractivity contribution < 1.29 is 28.1 Å². The minimum Gasteiger partial charge on any atom is -0.543 e. The molecule has 2 amide bonds. The largest absolute Gasteiger partial charge is 0.543 e. The summed E-state index contributed by atoms with van der Waals surface area (Å²) < 4.78 is 13.5. The van der Waals surface area contributed by atoms with Crippen LogP contribution in [-0.4, -0.2) is 83.9 Å². The van der Waals surface area contributed by atoms with Crippen LogP contribution in [0.5, 0.6) is 5.75 Å². The average molecular weight is 1420 g/mol. The highest BCUT2D eigenvalue weighted by molar-refractivity contribution is 6.74. The molecule has 5 aromatic rings. The quantitative estimate of drug-likeness (QED) is 0.0108. The third kappa shape index (κ3) is 18.9. The molecule has 0 fully saturated rings. The maximum absolute atomic E-state index is 14.4. The number of nitrogens with zero attached hydrogens (tertiary/aromatic N) is 6. The summed E-state index contributed by atoms with van der Waals surface area (Å²) in [6, 6.07) is 48.2. The first-order valence-corrected chi connectivity index (χ1v) is 37.4. The lowest BCUT2D eigenvalue weighted by Crippen LogP contribution is -2.45. The minimum absolute atomic E-state index is 0.00198. The van der Waals surface area contributed by atoms with Gasteiger partial charge in [-0.15, -0.1) is 10.2 Å². The van der Waals surface area contributed by atoms with Crippen molar-refractivity contribution >= 4 is 72.8 Å². The van der Waals surface area contributed by atoms with E-state index in [1.165, 1.54) is 6.21 Å². The Kier molecular flexibility index (Phi) is 22.8. The normalized spacial score (nSPS) is 13.8. The van der Waals surface area contributed by atoms with Gasteiger partial charge in [-0.05, 0) is 183 Å². The summed E-state index contributed by atoms with van der Waals surface area (Å²) in [4.78, 5) is 62.8. The summed E-state index contributed by atoms with van der Waals surface area (Å²) in [5.41, 5.74) is 31.3. The Bertz CT molecular complexity index is 5180. The number of hydrogen-bond donors (Lipinski definition) is 7. The van der Waals surface area contributed by atoms with E-state index in [0.717, 1.165) is 44.5 Å². The predicted molar refractivity (Wildman–Crippen MR) is 426 cm³/mol. The second kappa shape index (κ2) is 31.0. The van der Waals surface area contributed by atoms with E-state index in [-0.39, 0.29) is 58.0 Å². The summed E-state index contributed by atoms with van der Waals surface area (Å²) in [5.74, 6) is 12.5. The Morgan fingerprint density at radius 3 is 1.67 bits per heavy atom. The Morgan fingerprint density at radius 2 is 1.14 bits per heavy atom. The number of hydrogen-bond acceptors (Lipinski definition) is 13. The number of nitrogens with one attached hydrogen (secondary N) is 3. The van der Waals surface area contributed by atoms with E-state index < -0.39 is 36.5 Å².